The summed E-state index contributed by atoms with van der Waals surface area (Å²) in [6.45, 7) is 1.68. The normalized spacial score (nSPS) is 12.0. The number of methoxy groups -OCH3 is 1. The highest BCUT2D eigenvalue weighted by Crippen LogP contribution is 2.28. The van der Waals surface area contributed by atoms with Gasteiger partial charge >= 0.3 is 5.97 Å². The summed E-state index contributed by atoms with van der Waals surface area (Å²) in [6.07, 6.45) is -0.670. The molecule has 6 nitrogen and oxygen atoms in total. The Bertz CT molecular complexity index is 848. The van der Waals surface area contributed by atoms with Crippen molar-refractivity contribution >= 4 is 33.2 Å². The fourth-order valence-corrected chi connectivity index (χ4v) is 3.01. The van der Waals surface area contributed by atoms with Gasteiger partial charge in [0, 0.05) is 4.47 Å². The van der Waals surface area contributed by atoms with Crippen LogP contribution < -0.4 is 4.74 Å². The number of ether oxygens (including phenoxy) is 2. The number of aromatic nitrogens is 2. The lowest BCUT2D eigenvalue weighted by atomic mass is 10.2. The zero-order valence-corrected chi connectivity index (χ0v) is 15.3. The van der Waals surface area contributed by atoms with Crippen LogP contribution in [0, 0.1) is 0 Å². The summed E-state index contributed by atoms with van der Waals surface area (Å²) in [5.74, 6) is 0.705. The van der Waals surface area contributed by atoms with E-state index in [1.807, 2.05) is 17.5 Å². The van der Waals surface area contributed by atoms with Gasteiger partial charge in [0.05, 0.1) is 17.6 Å². The van der Waals surface area contributed by atoms with Gasteiger partial charge in [0.2, 0.25) is 0 Å². The van der Waals surface area contributed by atoms with Gasteiger partial charge in [-0.3, -0.25) is 0 Å². The topological polar surface area (TPSA) is 74.5 Å². The quantitative estimate of drug-likeness (QED) is 0.579. The van der Waals surface area contributed by atoms with Gasteiger partial charge in [-0.2, -0.15) is 0 Å². The molecule has 0 unspecified atom stereocenters. The Hall–Kier alpha value is -2.19. The molecule has 0 aliphatic rings. The Morgan fingerprint density at radius 1 is 1.33 bits per heavy atom. The van der Waals surface area contributed by atoms with E-state index in [2.05, 4.69) is 26.1 Å². The Labute approximate surface area is 150 Å². The number of carbonyl (C=O) groups is 1. The molecule has 24 heavy (non-hydrogen) atoms. The zero-order valence-electron chi connectivity index (χ0n) is 12.9. The van der Waals surface area contributed by atoms with Gasteiger partial charge in [0.1, 0.15) is 5.75 Å². The highest BCUT2D eigenvalue weighted by Gasteiger charge is 2.21. The maximum Gasteiger partial charge on any atom is 0.340 e. The molecule has 3 aromatic rings. The van der Waals surface area contributed by atoms with Gasteiger partial charge in [-0.05, 0) is 52.5 Å². The molecule has 8 heteroatoms. The van der Waals surface area contributed by atoms with Crippen LogP contribution in [0.15, 0.2) is 44.6 Å². The molecule has 0 saturated heterocycles. The smallest absolute Gasteiger partial charge is 0.340 e. The molecule has 0 radical (unpaired) electrons. The van der Waals surface area contributed by atoms with Crippen LogP contribution in [0.2, 0.25) is 0 Å². The van der Waals surface area contributed by atoms with Crippen molar-refractivity contribution in [2.45, 2.75) is 13.0 Å². The summed E-state index contributed by atoms with van der Waals surface area (Å²) in [5, 5.41) is 9.85. The van der Waals surface area contributed by atoms with E-state index < -0.39 is 12.1 Å². The molecular weight excluding hydrogens is 396 g/mol. The van der Waals surface area contributed by atoms with Crippen molar-refractivity contribution in [3.8, 4) is 16.5 Å². The van der Waals surface area contributed by atoms with E-state index >= 15 is 0 Å². The Morgan fingerprint density at radius 2 is 2.17 bits per heavy atom. The second-order valence-corrected chi connectivity index (χ2v) is 6.62. The summed E-state index contributed by atoms with van der Waals surface area (Å²) in [4.78, 5) is 13.2. The molecule has 0 N–H and O–H groups in total. The third-order valence-corrected chi connectivity index (χ3v) is 4.75. The van der Waals surface area contributed by atoms with Gasteiger partial charge < -0.3 is 13.9 Å². The number of hydrogen-bond acceptors (Lipinski definition) is 7. The van der Waals surface area contributed by atoms with Crippen molar-refractivity contribution in [3.05, 3.63) is 51.6 Å². The second-order valence-electron chi connectivity index (χ2n) is 4.82. The van der Waals surface area contributed by atoms with Gasteiger partial charge in [-0.1, -0.05) is 6.07 Å². The average Bonchev–Trinajstić information content (AvgIpc) is 3.26. The molecular formula is C16H13BrN2O4S. The summed E-state index contributed by atoms with van der Waals surface area (Å²) in [7, 11) is 1.53. The van der Waals surface area contributed by atoms with Crippen LogP contribution in [0.4, 0.5) is 0 Å². The van der Waals surface area contributed by atoms with E-state index in [4.69, 9.17) is 13.9 Å². The summed E-state index contributed by atoms with van der Waals surface area (Å²) < 4.78 is 16.7. The first kappa shape index (κ1) is 16.7. The number of esters is 1. The zero-order chi connectivity index (χ0) is 17.1. The van der Waals surface area contributed by atoms with E-state index in [9.17, 15) is 4.79 Å². The number of hydrogen-bond donors (Lipinski definition) is 0. The molecule has 2 heterocycles. The van der Waals surface area contributed by atoms with Crippen LogP contribution in [0.3, 0.4) is 0 Å². The molecule has 0 spiro atoms. The lowest BCUT2D eigenvalue weighted by Gasteiger charge is -2.11. The Morgan fingerprint density at radius 3 is 2.88 bits per heavy atom. The number of halogens is 1. The molecule has 0 aliphatic carbocycles. The highest BCUT2D eigenvalue weighted by atomic mass is 79.9. The van der Waals surface area contributed by atoms with Crippen LogP contribution >= 0.6 is 27.3 Å². The average molecular weight is 409 g/mol. The minimum Gasteiger partial charge on any atom is -0.497 e. The van der Waals surface area contributed by atoms with Crippen LogP contribution in [0.25, 0.3) is 10.8 Å². The molecule has 2 aromatic heterocycles. The summed E-state index contributed by atoms with van der Waals surface area (Å²) in [6, 6.07) is 8.85. The largest absolute Gasteiger partial charge is 0.497 e. The van der Waals surface area contributed by atoms with Crippen molar-refractivity contribution in [3.63, 3.8) is 0 Å². The van der Waals surface area contributed by atoms with Crippen LogP contribution in [-0.2, 0) is 4.74 Å². The first-order chi connectivity index (χ1) is 11.6. The SMILES string of the molecule is COc1ccc(Br)c(C(=O)O[C@H](C)c2nnc(-c3cccs3)o2)c1. The van der Waals surface area contributed by atoms with Crippen molar-refractivity contribution in [1.29, 1.82) is 0 Å². The van der Waals surface area contributed by atoms with E-state index in [0.29, 0.717) is 21.7 Å². The Balaban J connectivity index is 1.75. The molecule has 3 rings (SSSR count). The number of carbonyl (C=O) groups excluding carboxylic acids is 1. The monoisotopic (exact) mass is 408 g/mol. The van der Waals surface area contributed by atoms with E-state index in [-0.39, 0.29) is 5.89 Å². The maximum atomic E-state index is 12.4. The number of rotatable bonds is 5. The van der Waals surface area contributed by atoms with Crippen LogP contribution in [0.5, 0.6) is 5.75 Å². The second kappa shape index (κ2) is 7.14. The van der Waals surface area contributed by atoms with Gasteiger partial charge in [-0.25, -0.2) is 4.79 Å². The van der Waals surface area contributed by atoms with Crippen LogP contribution in [0.1, 0.15) is 29.3 Å². The standard InChI is InChI=1S/C16H13BrN2O4S/c1-9(14-18-19-15(23-14)13-4-3-7-24-13)22-16(20)11-8-10(21-2)5-6-12(11)17/h3-9H,1-2H3/t9-/m1/s1. The molecule has 1 atom stereocenters. The van der Waals surface area contributed by atoms with Crippen LogP contribution in [-0.4, -0.2) is 23.3 Å². The van der Waals surface area contributed by atoms with Crippen molar-refractivity contribution in [2.75, 3.05) is 7.11 Å². The fourth-order valence-electron chi connectivity index (χ4n) is 1.96. The summed E-state index contributed by atoms with van der Waals surface area (Å²) in [5.41, 5.74) is 0.360. The van der Waals surface area contributed by atoms with E-state index in [1.54, 1.807) is 25.1 Å². The molecule has 0 aliphatic heterocycles. The van der Waals surface area contributed by atoms with Gasteiger partial charge in [-0.15, -0.1) is 21.5 Å². The van der Waals surface area contributed by atoms with Gasteiger partial charge in [0.25, 0.3) is 11.8 Å². The van der Waals surface area contributed by atoms with Gasteiger partial charge in [0.15, 0.2) is 6.10 Å². The van der Waals surface area contributed by atoms with Crippen molar-refractivity contribution < 1.29 is 18.7 Å². The number of thiophene rings is 1. The third-order valence-electron chi connectivity index (χ3n) is 3.20. The molecule has 1 aromatic carbocycles. The molecule has 0 bridgehead atoms. The molecule has 0 amide bonds. The molecule has 0 fully saturated rings. The highest BCUT2D eigenvalue weighted by molar-refractivity contribution is 9.10. The fraction of sp³-hybridized carbons (Fsp3) is 0.188. The minimum atomic E-state index is -0.670. The first-order valence-corrected chi connectivity index (χ1v) is 8.67. The lowest BCUT2D eigenvalue weighted by Crippen LogP contribution is -2.10. The predicted octanol–water partition coefficient (Wildman–Crippen LogP) is 4.49. The third kappa shape index (κ3) is 3.49. The van der Waals surface area contributed by atoms with E-state index in [1.165, 1.54) is 18.4 Å². The van der Waals surface area contributed by atoms with Crippen molar-refractivity contribution in [2.24, 2.45) is 0 Å². The maximum absolute atomic E-state index is 12.4. The predicted molar refractivity (Wildman–Crippen MR) is 92.1 cm³/mol. The first-order valence-electron chi connectivity index (χ1n) is 7.00. The summed E-state index contributed by atoms with van der Waals surface area (Å²) >= 11 is 4.82. The molecule has 124 valence electrons. The molecule has 0 saturated carbocycles. The number of nitrogens with zero attached hydrogens (tertiary/aromatic N) is 2. The minimum absolute atomic E-state index is 0.241. The Kier molecular flexibility index (Phi) is 4.96. The van der Waals surface area contributed by atoms with Crippen molar-refractivity contribution in [1.82, 2.24) is 10.2 Å². The lowest BCUT2D eigenvalue weighted by molar-refractivity contribution is 0.0278. The number of benzene rings is 1. The van der Waals surface area contributed by atoms with E-state index in [0.717, 1.165) is 4.88 Å².